The Morgan fingerprint density at radius 1 is 1.69 bits per heavy atom. The molecule has 7 heteroatoms. The monoisotopic (exact) mass is 248 g/mol. The Kier molecular flexibility index (Phi) is 5.98. The van der Waals surface area contributed by atoms with Gasteiger partial charge in [-0.1, -0.05) is 6.92 Å². The van der Waals surface area contributed by atoms with Crippen LogP contribution in [0, 0.1) is 10.1 Å². The molecular weight excluding hydrogens is 232 g/mol. The molecule has 1 aromatic heterocycles. The molecule has 92 valence electrons. The molecule has 0 saturated carbocycles. The van der Waals surface area contributed by atoms with Gasteiger partial charge in [0.15, 0.2) is 0 Å². The minimum atomic E-state index is -0.479. The van der Waals surface area contributed by atoms with Gasteiger partial charge in [0.05, 0.1) is 23.9 Å². The fraction of sp³-hybridized carbons (Fsp3) is 0.667. The summed E-state index contributed by atoms with van der Waals surface area (Å²) in [5.74, 6) is -0.0987. The largest absolute Gasteiger partial charge is 0.390 e. The van der Waals surface area contributed by atoms with E-state index in [-0.39, 0.29) is 18.2 Å². The number of nitro groups is 1. The molecule has 0 aliphatic heterocycles. The third-order valence-electron chi connectivity index (χ3n) is 2.39. The van der Waals surface area contributed by atoms with Crippen LogP contribution in [-0.4, -0.2) is 20.7 Å². The Morgan fingerprint density at radius 2 is 2.31 bits per heavy atom. The van der Waals surface area contributed by atoms with Crippen LogP contribution in [0.3, 0.4) is 0 Å². The third-order valence-corrected chi connectivity index (χ3v) is 2.39. The molecule has 1 unspecified atom stereocenters. The zero-order chi connectivity index (χ0) is 11.4. The van der Waals surface area contributed by atoms with Crippen molar-refractivity contribution in [3.63, 3.8) is 0 Å². The fourth-order valence-electron chi connectivity index (χ4n) is 1.17. The van der Waals surface area contributed by atoms with Gasteiger partial charge < -0.3 is 15.4 Å². The Morgan fingerprint density at radius 3 is 2.75 bits per heavy atom. The van der Waals surface area contributed by atoms with E-state index in [1.54, 1.807) is 7.05 Å². The van der Waals surface area contributed by atoms with Crippen molar-refractivity contribution in [2.24, 2.45) is 7.05 Å². The van der Waals surface area contributed by atoms with Crippen LogP contribution in [0.25, 0.3) is 0 Å². The molecule has 0 aromatic carbocycles. The summed E-state index contributed by atoms with van der Waals surface area (Å²) in [5, 5.41) is 17.5. The van der Waals surface area contributed by atoms with Crippen molar-refractivity contribution in [3.8, 4) is 0 Å². The molecule has 6 nitrogen and oxygen atoms in total. The molecule has 0 aliphatic rings. The van der Waals surface area contributed by atoms with Gasteiger partial charge >= 0.3 is 5.82 Å². The van der Waals surface area contributed by atoms with Crippen LogP contribution in [0.1, 0.15) is 26.0 Å². The maximum Gasteiger partial charge on any atom is 0.390 e. The Bertz CT molecular complexity index is 353. The second-order valence-corrected chi connectivity index (χ2v) is 3.56. The van der Waals surface area contributed by atoms with Gasteiger partial charge in [0.1, 0.15) is 0 Å². The van der Waals surface area contributed by atoms with E-state index in [4.69, 9.17) is 0 Å². The van der Waals surface area contributed by atoms with Gasteiger partial charge in [0, 0.05) is 12.6 Å². The molecule has 0 aliphatic carbocycles. The summed E-state index contributed by atoms with van der Waals surface area (Å²) >= 11 is 0. The zero-order valence-corrected chi connectivity index (χ0v) is 10.5. The lowest BCUT2D eigenvalue weighted by atomic mass is 10.2. The number of aryl methyl sites for hydroxylation is 1. The quantitative estimate of drug-likeness (QED) is 0.635. The summed E-state index contributed by atoms with van der Waals surface area (Å²) in [6.07, 6.45) is 1.03. The number of nitrogens with one attached hydrogen (secondary N) is 1. The van der Waals surface area contributed by atoms with Crippen molar-refractivity contribution in [3.05, 3.63) is 21.9 Å². The van der Waals surface area contributed by atoms with Crippen LogP contribution in [0.4, 0.5) is 5.82 Å². The Balaban J connectivity index is 0.00000225. The van der Waals surface area contributed by atoms with E-state index in [0.717, 1.165) is 12.1 Å². The molecule has 1 atom stereocenters. The van der Waals surface area contributed by atoms with E-state index in [0.29, 0.717) is 12.6 Å². The highest BCUT2D eigenvalue weighted by Crippen LogP contribution is 2.10. The summed E-state index contributed by atoms with van der Waals surface area (Å²) in [5.41, 5.74) is 0.821. The van der Waals surface area contributed by atoms with E-state index in [1.165, 1.54) is 10.7 Å². The first-order valence-electron chi connectivity index (χ1n) is 4.95. The number of hydrogen-bond acceptors (Lipinski definition) is 4. The predicted octanol–water partition coefficient (Wildman–Crippen LogP) is 1.64. The van der Waals surface area contributed by atoms with Crippen molar-refractivity contribution >= 4 is 18.2 Å². The van der Waals surface area contributed by atoms with Gasteiger partial charge in [-0.25, -0.2) is 0 Å². The summed E-state index contributed by atoms with van der Waals surface area (Å²) in [6, 6.07) is 1.90. The second kappa shape index (κ2) is 6.44. The fourth-order valence-corrected chi connectivity index (χ4v) is 1.17. The number of halogens is 1. The average molecular weight is 249 g/mol. The lowest BCUT2D eigenvalue weighted by Crippen LogP contribution is -2.25. The first-order chi connectivity index (χ1) is 7.04. The minimum absolute atomic E-state index is 0. The van der Waals surface area contributed by atoms with Crippen LogP contribution in [0.2, 0.25) is 0 Å². The van der Waals surface area contributed by atoms with Crippen LogP contribution in [0.5, 0.6) is 0 Å². The molecule has 1 rings (SSSR count). The lowest BCUT2D eigenvalue weighted by molar-refractivity contribution is -0.389. The van der Waals surface area contributed by atoms with Crippen molar-refractivity contribution in [2.45, 2.75) is 32.9 Å². The highest BCUT2D eigenvalue weighted by Gasteiger charge is 2.15. The number of hydrogen-bond donors (Lipinski definition) is 1. The highest BCUT2D eigenvalue weighted by atomic mass is 35.5. The molecule has 0 bridgehead atoms. The molecule has 0 saturated heterocycles. The van der Waals surface area contributed by atoms with Gasteiger partial charge in [0.2, 0.25) is 0 Å². The number of rotatable bonds is 5. The lowest BCUT2D eigenvalue weighted by Gasteiger charge is -2.09. The molecular formula is C9H17ClN4O2. The average Bonchev–Trinajstić information content (AvgIpc) is 2.56. The summed E-state index contributed by atoms with van der Waals surface area (Å²) in [7, 11) is 1.71. The molecule has 0 fully saturated rings. The van der Waals surface area contributed by atoms with Crippen LogP contribution in [0.15, 0.2) is 6.07 Å². The van der Waals surface area contributed by atoms with E-state index in [9.17, 15) is 10.1 Å². The molecule has 0 radical (unpaired) electrons. The summed E-state index contributed by atoms with van der Waals surface area (Å²) in [4.78, 5) is 9.99. The van der Waals surface area contributed by atoms with Crippen molar-refractivity contribution < 1.29 is 4.92 Å². The van der Waals surface area contributed by atoms with E-state index in [2.05, 4.69) is 24.3 Å². The van der Waals surface area contributed by atoms with Gasteiger partial charge in [-0.3, -0.25) is 0 Å². The maximum absolute atomic E-state index is 10.5. The second-order valence-electron chi connectivity index (χ2n) is 3.56. The normalized spacial score (nSPS) is 11.9. The van der Waals surface area contributed by atoms with E-state index < -0.39 is 4.92 Å². The standard InChI is InChI=1S/C9H16N4O2.ClH/c1-4-7(2)10-6-8-5-9(13(14)15)11-12(8)3;/h5,7,10H,4,6H2,1-3H3;1H. The van der Waals surface area contributed by atoms with Crippen LogP contribution >= 0.6 is 12.4 Å². The topological polar surface area (TPSA) is 73.0 Å². The Labute approximate surface area is 101 Å². The molecule has 1 heterocycles. The Hall–Kier alpha value is -1.14. The first kappa shape index (κ1) is 14.9. The molecule has 0 amide bonds. The first-order valence-corrected chi connectivity index (χ1v) is 4.95. The maximum atomic E-state index is 10.5. The summed E-state index contributed by atoms with van der Waals surface area (Å²) < 4.78 is 1.54. The summed E-state index contributed by atoms with van der Waals surface area (Å²) in [6.45, 7) is 4.76. The van der Waals surface area contributed by atoms with Gasteiger partial charge in [-0.15, -0.1) is 12.4 Å². The SMILES string of the molecule is CCC(C)NCc1cc([N+](=O)[O-])nn1C.Cl. The molecule has 1 aromatic rings. The van der Waals surface area contributed by atoms with Crippen LogP contribution < -0.4 is 5.32 Å². The van der Waals surface area contributed by atoms with Gasteiger partial charge in [0.25, 0.3) is 0 Å². The number of nitrogens with zero attached hydrogens (tertiary/aromatic N) is 3. The molecule has 1 N–H and O–H groups in total. The van der Waals surface area contributed by atoms with E-state index in [1.807, 2.05) is 0 Å². The van der Waals surface area contributed by atoms with Crippen molar-refractivity contribution in [1.82, 2.24) is 15.1 Å². The van der Waals surface area contributed by atoms with E-state index >= 15 is 0 Å². The van der Waals surface area contributed by atoms with Crippen molar-refractivity contribution in [2.75, 3.05) is 0 Å². The van der Waals surface area contributed by atoms with Gasteiger partial charge in [-0.2, -0.15) is 4.68 Å². The highest BCUT2D eigenvalue weighted by molar-refractivity contribution is 5.85. The van der Waals surface area contributed by atoms with Gasteiger partial charge in [-0.05, 0) is 18.3 Å². The minimum Gasteiger partial charge on any atom is -0.358 e. The van der Waals surface area contributed by atoms with Crippen LogP contribution in [-0.2, 0) is 13.6 Å². The molecule has 16 heavy (non-hydrogen) atoms. The smallest absolute Gasteiger partial charge is 0.358 e. The zero-order valence-electron chi connectivity index (χ0n) is 9.64. The molecule has 0 spiro atoms. The van der Waals surface area contributed by atoms with Crippen molar-refractivity contribution in [1.29, 1.82) is 0 Å². The number of aromatic nitrogens is 2. The third kappa shape index (κ3) is 3.79. The predicted molar refractivity (Wildman–Crippen MR) is 63.7 cm³/mol.